The van der Waals surface area contributed by atoms with Gasteiger partial charge in [-0.05, 0) is 18.6 Å². The van der Waals surface area contributed by atoms with Gasteiger partial charge in [0.1, 0.15) is 0 Å². The van der Waals surface area contributed by atoms with Crippen LogP contribution in [0.2, 0.25) is 0 Å². The van der Waals surface area contributed by atoms with Crippen molar-refractivity contribution in [3.63, 3.8) is 0 Å². The van der Waals surface area contributed by atoms with Gasteiger partial charge in [-0.2, -0.15) is 4.80 Å². The Morgan fingerprint density at radius 2 is 2.31 bits per heavy atom. The van der Waals surface area contributed by atoms with Crippen molar-refractivity contribution in [2.75, 3.05) is 19.8 Å². The van der Waals surface area contributed by atoms with Gasteiger partial charge in [0.05, 0.1) is 26.8 Å². The third kappa shape index (κ3) is 2.22. The monoisotopic (exact) mass is 225 g/mol. The highest BCUT2D eigenvalue weighted by molar-refractivity contribution is 4.90. The van der Waals surface area contributed by atoms with E-state index in [1.165, 1.54) is 4.80 Å². The number of rotatable bonds is 3. The van der Waals surface area contributed by atoms with E-state index >= 15 is 0 Å². The lowest BCUT2D eigenvalue weighted by Crippen LogP contribution is -2.54. The van der Waals surface area contributed by atoms with Gasteiger partial charge >= 0.3 is 0 Å². The van der Waals surface area contributed by atoms with E-state index < -0.39 is 0 Å². The maximum Gasteiger partial charge on any atom is 0.188 e. The number of hydrogen-bond donors (Lipinski definition) is 0. The Labute approximate surface area is 95.6 Å². The number of aryl methyl sites for hydroxylation is 1. The lowest BCUT2D eigenvalue weighted by atomic mass is 9.96. The maximum atomic E-state index is 5.55. The van der Waals surface area contributed by atoms with Gasteiger partial charge in [-0.25, -0.2) is 0 Å². The van der Waals surface area contributed by atoms with Crippen LogP contribution < -0.4 is 0 Å². The molecular formula is C10H19N5O. The molecule has 0 N–H and O–H groups in total. The minimum absolute atomic E-state index is 0.0947. The minimum Gasteiger partial charge on any atom is -0.378 e. The summed E-state index contributed by atoms with van der Waals surface area (Å²) in [5.41, 5.74) is 0.0947. The van der Waals surface area contributed by atoms with Crippen LogP contribution in [0.3, 0.4) is 0 Å². The lowest BCUT2D eigenvalue weighted by molar-refractivity contribution is -0.0671. The summed E-state index contributed by atoms with van der Waals surface area (Å²) in [4.78, 5) is 3.88. The van der Waals surface area contributed by atoms with Crippen molar-refractivity contribution in [3.8, 4) is 0 Å². The molecule has 2 rings (SSSR count). The number of aromatic nitrogens is 4. The van der Waals surface area contributed by atoms with E-state index in [1.54, 1.807) is 7.05 Å². The molecule has 1 atom stereocenters. The standard InChI is InChI=1S/C10H19N5O/c1-4-10(2)8-16-6-5-15(10)7-9-11-13-14(3)12-9/h4-8H2,1-3H3. The number of hydrogen-bond acceptors (Lipinski definition) is 5. The molecule has 0 spiro atoms. The summed E-state index contributed by atoms with van der Waals surface area (Å²) >= 11 is 0. The summed E-state index contributed by atoms with van der Waals surface area (Å²) in [6.45, 7) is 7.66. The first-order chi connectivity index (χ1) is 7.64. The minimum atomic E-state index is 0.0947. The Morgan fingerprint density at radius 3 is 2.94 bits per heavy atom. The second-order valence-corrected chi connectivity index (χ2v) is 4.52. The second kappa shape index (κ2) is 4.47. The van der Waals surface area contributed by atoms with E-state index in [1.807, 2.05) is 0 Å². The first kappa shape index (κ1) is 11.5. The van der Waals surface area contributed by atoms with Gasteiger partial charge in [-0.1, -0.05) is 6.92 Å². The first-order valence-electron chi connectivity index (χ1n) is 5.70. The SMILES string of the molecule is CCC1(C)COCCN1Cc1nnn(C)n1. The zero-order chi connectivity index (χ0) is 11.6. The summed E-state index contributed by atoms with van der Waals surface area (Å²) in [5, 5.41) is 12.1. The molecule has 1 aliphatic rings. The van der Waals surface area contributed by atoms with Crippen LogP contribution >= 0.6 is 0 Å². The molecular weight excluding hydrogens is 206 g/mol. The van der Waals surface area contributed by atoms with Gasteiger partial charge < -0.3 is 4.74 Å². The lowest BCUT2D eigenvalue weighted by Gasteiger charge is -2.43. The van der Waals surface area contributed by atoms with E-state index in [4.69, 9.17) is 4.74 Å². The van der Waals surface area contributed by atoms with Gasteiger partial charge in [0.25, 0.3) is 0 Å². The summed E-state index contributed by atoms with van der Waals surface area (Å²) < 4.78 is 5.55. The highest BCUT2D eigenvalue weighted by Crippen LogP contribution is 2.24. The highest BCUT2D eigenvalue weighted by atomic mass is 16.5. The van der Waals surface area contributed by atoms with Crippen molar-refractivity contribution in [1.29, 1.82) is 0 Å². The topological polar surface area (TPSA) is 56.1 Å². The van der Waals surface area contributed by atoms with Gasteiger partial charge in [-0.15, -0.1) is 10.2 Å². The van der Waals surface area contributed by atoms with Crippen LogP contribution in [0.15, 0.2) is 0 Å². The van der Waals surface area contributed by atoms with Gasteiger partial charge in [0.15, 0.2) is 5.82 Å². The quantitative estimate of drug-likeness (QED) is 0.736. The Morgan fingerprint density at radius 1 is 1.50 bits per heavy atom. The molecule has 90 valence electrons. The third-order valence-corrected chi connectivity index (χ3v) is 3.33. The number of nitrogens with zero attached hydrogens (tertiary/aromatic N) is 5. The van der Waals surface area contributed by atoms with Gasteiger partial charge in [-0.3, -0.25) is 4.90 Å². The summed E-state index contributed by atoms with van der Waals surface area (Å²) in [6.07, 6.45) is 1.06. The molecule has 0 saturated carbocycles. The van der Waals surface area contributed by atoms with Crippen molar-refractivity contribution < 1.29 is 4.74 Å². The molecule has 0 radical (unpaired) electrons. The van der Waals surface area contributed by atoms with E-state index in [-0.39, 0.29) is 5.54 Å². The number of morpholine rings is 1. The Bertz CT molecular complexity index is 353. The maximum absolute atomic E-state index is 5.55. The molecule has 2 heterocycles. The molecule has 1 fully saturated rings. The molecule has 0 bridgehead atoms. The number of ether oxygens (including phenoxy) is 1. The first-order valence-corrected chi connectivity index (χ1v) is 5.70. The molecule has 6 nitrogen and oxygen atoms in total. The smallest absolute Gasteiger partial charge is 0.188 e. The normalized spacial score (nSPS) is 27.2. The van der Waals surface area contributed by atoms with E-state index in [9.17, 15) is 0 Å². The molecule has 1 aliphatic heterocycles. The summed E-state index contributed by atoms with van der Waals surface area (Å²) in [7, 11) is 1.79. The average molecular weight is 225 g/mol. The Balaban J connectivity index is 2.07. The van der Waals surface area contributed by atoms with Crippen LogP contribution in [-0.4, -0.2) is 50.4 Å². The van der Waals surface area contributed by atoms with Crippen LogP contribution in [0, 0.1) is 0 Å². The molecule has 0 aliphatic carbocycles. The van der Waals surface area contributed by atoms with Crippen LogP contribution in [-0.2, 0) is 18.3 Å². The predicted molar refractivity (Wildman–Crippen MR) is 58.7 cm³/mol. The van der Waals surface area contributed by atoms with E-state index in [0.29, 0.717) is 0 Å². The van der Waals surface area contributed by atoms with E-state index in [2.05, 4.69) is 34.2 Å². The van der Waals surface area contributed by atoms with Crippen LogP contribution in [0.4, 0.5) is 0 Å². The molecule has 1 aromatic rings. The van der Waals surface area contributed by atoms with Gasteiger partial charge in [0, 0.05) is 12.1 Å². The Hall–Kier alpha value is -1.01. The molecule has 1 aromatic heterocycles. The zero-order valence-corrected chi connectivity index (χ0v) is 10.2. The van der Waals surface area contributed by atoms with Crippen LogP contribution in [0.5, 0.6) is 0 Å². The fraction of sp³-hybridized carbons (Fsp3) is 0.900. The second-order valence-electron chi connectivity index (χ2n) is 4.52. The van der Waals surface area contributed by atoms with Gasteiger partial charge in [0.2, 0.25) is 0 Å². The van der Waals surface area contributed by atoms with E-state index in [0.717, 1.165) is 38.5 Å². The van der Waals surface area contributed by atoms with Crippen molar-refractivity contribution in [1.82, 2.24) is 25.1 Å². The summed E-state index contributed by atoms with van der Waals surface area (Å²) in [6, 6.07) is 0. The molecule has 6 heteroatoms. The fourth-order valence-corrected chi connectivity index (χ4v) is 1.98. The Kier molecular flexibility index (Phi) is 3.20. The molecule has 1 saturated heterocycles. The predicted octanol–water partition coefficient (Wildman–Crippen LogP) is 0.211. The highest BCUT2D eigenvalue weighted by Gasteiger charge is 2.34. The zero-order valence-electron chi connectivity index (χ0n) is 10.2. The number of tetrazole rings is 1. The molecule has 0 amide bonds. The average Bonchev–Trinajstić information content (AvgIpc) is 2.68. The van der Waals surface area contributed by atoms with Crippen LogP contribution in [0.1, 0.15) is 26.1 Å². The summed E-state index contributed by atoms with van der Waals surface area (Å²) in [5.74, 6) is 0.782. The molecule has 16 heavy (non-hydrogen) atoms. The molecule has 1 unspecified atom stereocenters. The van der Waals surface area contributed by atoms with Crippen LogP contribution in [0.25, 0.3) is 0 Å². The van der Waals surface area contributed by atoms with Crippen molar-refractivity contribution >= 4 is 0 Å². The van der Waals surface area contributed by atoms with Crippen molar-refractivity contribution in [2.24, 2.45) is 7.05 Å². The third-order valence-electron chi connectivity index (χ3n) is 3.33. The fourth-order valence-electron chi connectivity index (χ4n) is 1.98. The van der Waals surface area contributed by atoms with Crippen molar-refractivity contribution in [2.45, 2.75) is 32.4 Å². The largest absolute Gasteiger partial charge is 0.378 e. The van der Waals surface area contributed by atoms with Crippen molar-refractivity contribution in [3.05, 3.63) is 5.82 Å². The molecule has 0 aromatic carbocycles.